The summed E-state index contributed by atoms with van der Waals surface area (Å²) in [5, 5.41) is 7.52. The fourth-order valence-electron chi connectivity index (χ4n) is 2.34. The molecule has 0 unspecified atom stereocenters. The zero-order chi connectivity index (χ0) is 13.0. The quantitative estimate of drug-likeness (QED) is 0.834. The van der Waals surface area contributed by atoms with Crippen molar-refractivity contribution < 1.29 is 9.32 Å². The van der Waals surface area contributed by atoms with Crippen molar-refractivity contribution in [2.24, 2.45) is 0 Å². The number of thioether (sulfide) groups is 1. The van der Waals surface area contributed by atoms with Gasteiger partial charge in [-0.1, -0.05) is 18.0 Å². The number of rotatable bonds is 5. The zero-order valence-corrected chi connectivity index (χ0v) is 11.8. The molecule has 0 spiro atoms. The molecule has 0 saturated heterocycles. The number of hydrogen-bond donors (Lipinski definition) is 1. The lowest BCUT2D eigenvalue weighted by Gasteiger charge is -2.09. The average Bonchev–Trinajstić information content (AvgIpc) is 2.95. The number of hydrogen-bond acceptors (Lipinski definition) is 4. The molecule has 1 fully saturated rings. The molecule has 0 aliphatic heterocycles. The second-order valence-corrected chi connectivity index (χ2v) is 6.14. The van der Waals surface area contributed by atoms with Crippen LogP contribution in [0.4, 0.5) is 0 Å². The van der Waals surface area contributed by atoms with Gasteiger partial charge < -0.3 is 9.84 Å². The Morgan fingerprint density at radius 2 is 2.17 bits per heavy atom. The van der Waals surface area contributed by atoms with Gasteiger partial charge in [-0.25, -0.2) is 0 Å². The van der Waals surface area contributed by atoms with Crippen LogP contribution in [0.15, 0.2) is 4.52 Å². The summed E-state index contributed by atoms with van der Waals surface area (Å²) in [5.74, 6) is 1.51. The predicted molar refractivity (Wildman–Crippen MR) is 73.0 cm³/mol. The molecule has 100 valence electrons. The van der Waals surface area contributed by atoms with E-state index in [9.17, 15) is 4.79 Å². The summed E-state index contributed by atoms with van der Waals surface area (Å²) in [6.45, 7) is 4.27. The Balaban J connectivity index is 1.71. The number of carbonyl (C=O) groups is 1. The van der Waals surface area contributed by atoms with Crippen LogP contribution in [0.2, 0.25) is 0 Å². The molecule has 1 aromatic heterocycles. The van der Waals surface area contributed by atoms with Crippen LogP contribution in [0.1, 0.15) is 47.5 Å². The van der Waals surface area contributed by atoms with Gasteiger partial charge in [-0.15, -0.1) is 0 Å². The Bertz CT molecular complexity index is 392. The van der Waals surface area contributed by atoms with Crippen LogP contribution in [-0.4, -0.2) is 28.6 Å². The van der Waals surface area contributed by atoms with Crippen LogP contribution >= 0.6 is 11.8 Å². The Labute approximate surface area is 112 Å². The molecule has 1 N–H and O–H groups in total. The molecule has 18 heavy (non-hydrogen) atoms. The van der Waals surface area contributed by atoms with Gasteiger partial charge in [0.2, 0.25) is 0 Å². The topological polar surface area (TPSA) is 55.1 Å². The third-order valence-electron chi connectivity index (χ3n) is 3.30. The predicted octanol–water partition coefficient (Wildman–Crippen LogP) is 2.70. The molecule has 0 bridgehead atoms. The summed E-state index contributed by atoms with van der Waals surface area (Å²) >= 11 is 1.98. The first kappa shape index (κ1) is 13.5. The number of aromatic nitrogens is 1. The van der Waals surface area contributed by atoms with Gasteiger partial charge in [0.25, 0.3) is 5.91 Å². The number of nitrogens with zero attached hydrogens (tertiary/aromatic N) is 1. The Hall–Kier alpha value is -0.970. The summed E-state index contributed by atoms with van der Waals surface area (Å²) < 4.78 is 4.99. The van der Waals surface area contributed by atoms with E-state index >= 15 is 0 Å². The summed E-state index contributed by atoms with van der Waals surface area (Å²) in [7, 11) is 0. The first-order valence-corrected chi connectivity index (χ1v) is 7.56. The van der Waals surface area contributed by atoms with Crippen molar-refractivity contribution in [3.05, 3.63) is 17.0 Å². The van der Waals surface area contributed by atoms with E-state index in [0.717, 1.165) is 11.0 Å². The monoisotopic (exact) mass is 268 g/mol. The van der Waals surface area contributed by atoms with Gasteiger partial charge in [0.15, 0.2) is 0 Å². The highest BCUT2D eigenvalue weighted by Crippen LogP contribution is 2.28. The van der Waals surface area contributed by atoms with E-state index in [-0.39, 0.29) is 5.91 Å². The van der Waals surface area contributed by atoms with E-state index in [1.165, 1.54) is 25.7 Å². The SMILES string of the molecule is Cc1noc(C)c1C(=O)NCCSC1CCCC1. The molecule has 1 amide bonds. The molecule has 5 heteroatoms. The third-order valence-corrected chi connectivity index (χ3v) is 4.69. The first-order chi connectivity index (χ1) is 8.68. The summed E-state index contributed by atoms with van der Waals surface area (Å²) in [4.78, 5) is 11.9. The van der Waals surface area contributed by atoms with E-state index in [1.807, 2.05) is 11.8 Å². The van der Waals surface area contributed by atoms with Crippen LogP contribution in [0.3, 0.4) is 0 Å². The molecule has 4 nitrogen and oxygen atoms in total. The van der Waals surface area contributed by atoms with Crippen LogP contribution in [0.5, 0.6) is 0 Å². The van der Waals surface area contributed by atoms with E-state index in [2.05, 4.69) is 10.5 Å². The lowest BCUT2D eigenvalue weighted by molar-refractivity contribution is 0.0954. The second-order valence-electron chi connectivity index (χ2n) is 4.73. The van der Waals surface area contributed by atoms with Gasteiger partial charge in [-0.05, 0) is 26.7 Å². The van der Waals surface area contributed by atoms with Gasteiger partial charge in [-0.3, -0.25) is 4.79 Å². The minimum absolute atomic E-state index is 0.0710. The van der Waals surface area contributed by atoms with E-state index < -0.39 is 0 Å². The molecule has 0 atom stereocenters. The van der Waals surface area contributed by atoms with Crippen LogP contribution in [0.25, 0.3) is 0 Å². The average molecular weight is 268 g/mol. The zero-order valence-electron chi connectivity index (χ0n) is 11.0. The fraction of sp³-hybridized carbons (Fsp3) is 0.692. The van der Waals surface area contributed by atoms with Gasteiger partial charge in [0.05, 0.1) is 5.69 Å². The Morgan fingerprint density at radius 1 is 1.44 bits per heavy atom. The lowest BCUT2D eigenvalue weighted by atomic mass is 10.2. The molecule has 1 aliphatic rings. The molecule has 1 aromatic rings. The fourth-order valence-corrected chi connectivity index (χ4v) is 3.56. The summed E-state index contributed by atoms with van der Waals surface area (Å²) in [6, 6.07) is 0. The van der Waals surface area contributed by atoms with Crippen LogP contribution in [0, 0.1) is 13.8 Å². The van der Waals surface area contributed by atoms with Crippen molar-refractivity contribution in [3.63, 3.8) is 0 Å². The molecular formula is C13H20N2O2S. The van der Waals surface area contributed by atoms with Gasteiger partial charge in [0.1, 0.15) is 11.3 Å². The van der Waals surface area contributed by atoms with Crippen molar-refractivity contribution in [1.82, 2.24) is 10.5 Å². The molecule has 1 aliphatic carbocycles. The molecule has 1 heterocycles. The highest BCUT2D eigenvalue weighted by molar-refractivity contribution is 7.99. The third kappa shape index (κ3) is 3.28. The van der Waals surface area contributed by atoms with Gasteiger partial charge in [-0.2, -0.15) is 11.8 Å². The number of carbonyl (C=O) groups excluding carboxylic acids is 1. The standard InChI is InChI=1S/C13H20N2O2S/c1-9-12(10(2)17-15-9)13(16)14-7-8-18-11-5-3-4-6-11/h11H,3-8H2,1-2H3,(H,14,16). The first-order valence-electron chi connectivity index (χ1n) is 6.51. The number of aryl methyl sites for hydroxylation is 2. The molecule has 2 rings (SSSR count). The minimum Gasteiger partial charge on any atom is -0.361 e. The Morgan fingerprint density at radius 3 is 2.78 bits per heavy atom. The molecule has 0 radical (unpaired) electrons. The summed E-state index contributed by atoms with van der Waals surface area (Å²) in [6.07, 6.45) is 5.40. The lowest BCUT2D eigenvalue weighted by Crippen LogP contribution is -2.27. The largest absolute Gasteiger partial charge is 0.361 e. The molecular weight excluding hydrogens is 248 g/mol. The highest BCUT2D eigenvalue weighted by Gasteiger charge is 2.18. The summed E-state index contributed by atoms with van der Waals surface area (Å²) in [5.41, 5.74) is 1.24. The number of amides is 1. The maximum Gasteiger partial charge on any atom is 0.256 e. The van der Waals surface area contributed by atoms with E-state index in [0.29, 0.717) is 23.6 Å². The van der Waals surface area contributed by atoms with Crippen molar-refractivity contribution in [2.75, 3.05) is 12.3 Å². The minimum atomic E-state index is -0.0710. The molecule has 0 aromatic carbocycles. The smallest absolute Gasteiger partial charge is 0.256 e. The second kappa shape index (κ2) is 6.27. The van der Waals surface area contributed by atoms with Crippen molar-refractivity contribution in [3.8, 4) is 0 Å². The molecule has 1 saturated carbocycles. The maximum atomic E-state index is 11.9. The van der Waals surface area contributed by atoms with E-state index in [4.69, 9.17) is 4.52 Å². The number of nitrogens with one attached hydrogen (secondary N) is 1. The van der Waals surface area contributed by atoms with Gasteiger partial charge in [0, 0.05) is 17.5 Å². The normalized spacial score (nSPS) is 16.1. The van der Waals surface area contributed by atoms with Crippen molar-refractivity contribution in [1.29, 1.82) is 0 Å². The Kier molecular flexibility index (Phi) is 4.69. The highest BCUT2D eigenvalue weighted by atomic mass is 32.2. The van der Waals surface area contributed by atoms with Crippen LogP contribution < -0.4 is 5.32 Å². The van der Waals surface area contributed by atoms with Crippen molar-refractivity contribution in [2.45, 2.75) is 44.8 Å². The van der Waals surface area contributed by atoms with E-state index in [1.54, 1.807) is 13.8 Å². The van der Waals surface area contributed by atoms with Crippen molar-refractivity contribution >= 4 is 17.7 Å². The maximum absolute atomic E-state index is 11.9. The van der Waals surface area contributed by atoms with Crippen LogP contribution in [-0.2, 0) is 0 Å². The van der Waals surface area contributed by atoms with Gasteiger partial charge >= 0.3 is 0 Å².